The zero-order valence-corrected chi connectivity index (χ0v) is 11.1. The fraction of sp³-hybridized carbons (Fsp3) is 0.923. The molecular weight excluding hydrogens is 200 g/mol. The van der Waals surface area contributed by atoms with E-state index in [1.807, 2.05) is 6.92 Å². The van der Waals surface area contributed by atoms with E-state index in [0.717, 1.165) is 13.0 Å². The van der Waals surface area contributed by atoms with Gasteiger partial charge in [-0.3, -0.25) is 4.79 Å². The van der Waals surface area contributed by atoms with Gasteiger partial charge in [-0.05, 0) is 24.8 Å². The number of hydrogen-bond donors (Lipinski definition) is 2. The summed E-state index contributed by atoms with van der Waals surface area (Å²) >= 11 is 0. The Morgan fingerprint density at radius 1 is 1.38 bits per heavy atom. The van der Waals surface area contributed by atoms with Gasteiger partial charge in [0.05, 0.1) is 0 Å². The Kier molecular flexibility index (Phi) is 9.30. The van der Waals surface area contributed by atoms with Crippen LogP contribution in [0.5, 0.6) is 0 Å². The molecule has 0 radical (unpaired) electrons. The summed E-state index contributed by atoms with van der Waals surface area (Å²) in [6.45, 7) is 7.81. The SMILES string of the molecule is CCCCC(CC)CNC(=O)CC(C)CN. The van der Waals surface area contributed by atoms with Crippen LogP contribution in [0.15, 0.2) is 0 Å². The maximum atomic E-state index is 11.5. The first-order valence-electron chi connectivity index (χ1n) is 6.60. The van der Waals surface area contributed by atoms with E-state index in [1.54, 1.807) is 0 Å². The predicted octanol–water partition coefficient (Wildman–Crippen LogP) is 2.30. The first-order chi connectivity index (χ1) is 7.63. The highest BCUT2D eigenvalue weighted by atomic mass is 16.1. The molecule has 0 aromatic carbocycles. The van der Waals surface area contributed by atoms with Gasteiger partial charge in [0.2, 0.25) is 5.91 Å². The lowest BCUT2D eigenvalue weighted by atomic mass is 9.99. The monoisotopic (exact) mass is 228 g/mol. The molecule has 0 aromatic heterocycles. The molecule has 3 N–H and O–H groups in total. The lowest BCUT2D eigenvalue weighted by Crippen LogP contribution is -2.31. The van der Waals surface area contributed by atoms with E-state index in [2.05, 4.69) is 19.2 Å². The second-order valence-corrected chi connectivity index (χ2v) is 4.77. The molecule has 2 unspecified atom stereocenters. The molecule has 2 atom stereocenters. The molecule has 16 heavy (non-hydrogen) atoms. The minimum absolute atomic E-state index is 0.146. The second kappa shape index (κ2) is 9.64. The maximum Gasteiger partial charge on any atom is 0.220 e. The fourth-order valence-corrected chi connectivity index (χ4v) is 1.67. The third kappa shape index (κ3) is 7.69. The highest BCUT2D eigenvalue weighted by Gasteiger charge is 2.10. The van der Waals surface area contributed by atoms with Gasteiger partial charge in [-0.15, -0.1) is 0 Å². The second-order valence-electron chi connectivity index (χ2n) is 4.77. The Balaban J connectivity index is 3.70. The normalized spacial score (nSPS) is 14.5. The summed E-state index contributed by atoms with van der Waals surface area (Å²) in [6.07, 6.45) is 5.41. The van der Waals surface area contributed by atoms with Crippen LogP contribution in [0.4, 0.5) is 0 Å². The summed E-state index contributed by atoms with van der Waals surface area (Å²) in [5.74, 6) is 1.07. The summed E-state index contributed by atoms with van der Waals surface area (Å²) in [6, 6.07) is 0. The third-order valence-electron chi connectivity index (χ3n) is 3.07. The molecule has 1 amide bonds. The quantitative estimate of drug-likeness (QED) is 0.636. The molecule has 0 rings (SSSR count). The van der Waals surface area contributed by atoms with Crippen LogP contribution in [0, 0.1) is 11.8 Å². The summed E-state index contributed by atoms with van der Waals surface area (Å²) < 4.78 is 0. The standard InChI is InChI=1S/C13H28N2O/c1-4-6-7-12(5-2)10-15-13(16)8-11(3)9-14/h11-12H,4-10,14H2,1-3H3,(H,15,16). The van der Waals surface area contributed by atoms with Crippen LogP contribution < -0.4 is 11.1 Å². The van der Waals surface area contributed by atoms with Gasteiger partial charge in [0, 0.05) is 13.0 Å². The molecule has 0 aliphatic heterocycles. The summed E-state index contributed by atoms with van der Waals surface area (Å²) in [7, 11) is 0. The molecule has 0 spiro atoms. The van der Waals surface area contributed by atoms with Crippen molar-refractivity contribution in [1.29, 1.82) is 0 Å². The Labute approximate surface area is 100 Å². The molecule has 0 saturated heterocycles. The summed E-state index contributed by atoms with van der Waals surface area (Å²) in [4.78, 5) is 11.5. The van der Waals surface area contributed by atoms with E-state index in [4.69, 9.17) is 5.73 Å². The van der Waals surface area contributed by atoms with Crippen molar-refractivity contribution in [2.75, 3.05) is 13.1 Å². The van der Waals surface area contributed by atoms with Crippen molar-refractivity contribution in [3.05, 3.63) is 0 Å². The molecule has 3 nitrogen and oxygen atoms in total. The Morgan fingerprint density at radius 3 is 2.56 bits per heavy atom. The van der Waals surface area contributed by atoms with Crippen LogP contribution in [-0.4, -0.2) is 19.0 Å². The number of nitrogens with one attached hydrogen (secondary N) is 1. The number of carbonyl (C=O) groups is 1. The van der Waals surface area contributed by atoms with E-state index in [1.165, 1.54) is 19.3 Å². The van der Waals surface area contributed by atoms with Crippen LogP contribution in [0.2, 0.25) is 0 Å². The topological polar surface area (TPSA) is 55.1 Å². The van der Waals surface area contributed by atoms with Crippen molar-refractivity contribution < 1.29 is 4.79 Å². The molecule has 0 fully saturated rings. The molecule has 0 saturated carbocycles. The first kappa shape index (κ1) is 15.4. The lowest BCUT2D eigenvalue weighted by Gasteiger charge is -2.16. The highest BCUT2D eigenvalue weighted by molar-refractivity contribution is 5.76. The Hall–Kier alpha value is -0.570. The molecule has 0 aliphatic carbocycles. The number of hydrogen-bond acceptors (Lipinski definition) is 2. The van der Waals surface area contributed by atoms with E-state index in [-0.39, 0.29) is 11.8 Å². The van der Waals surface area contributed by atoms with Crippen molar-refractivity contribution in [2.45, 2.75) is 52.9 Å². The summed E-state index contributed by atoms with van der Waals surface area (Å²) in [5.41, 5.74) is 5.49. The fourth-order valence-electron chi connectivity index (χ4n) is 1.67. The molecule has 3 heteroatoms. The number of carbonyl (C=O) groups excluding carboxylic acids is 1. The van der Waals surface area contributed by atoms with Crippen LogP contribution >= 0.6 is 0 Å². The third-order valence-corrected chi connectivity index (χ3v) is 3.07. The molecular formula is C13H28N2O. The number of amides is 1. The van der Waals surface area contributed by atoms with Gasteiger partial charge in [-0.25, -0.2) is 0 Å². The number of rotatable bonds is 9. The van der Waals surface area contributed by atoms with Gasteiger partial charge in [0.15, 0.2) is 0 Å². The van der Waals surface area contributed by atoms with Crippen LogP contribution in [0.1, 0.15) is 52.9 Å². The minimum atomic E-state index is 0.146. The average Bonchev–Trinajstić information content (AvgIpc) is 2.29. The smallest absolute Gasteiger partial charge is 0.220 e. The zero-order valence-electron chi connectivity index (χ0n) is 11.1. The van der Waals surface area contributed by atoms with Crippen molar-refractivity contribution in [3.63, 3.8) is 0 Å². The van der Waals surface area contributed by atoms with Gasteiger partial charge in [-0.2, -0.15) is 0 Å². The molecule has 0 aliphatic rings. The average molecular weight is 228 g/mol. The molecule has 0 heterocycles. The van der Waals surface area contributed by atoms with E-state index < -0.39 is 0 Å². The molecule has 0 bridgehead atoms. The zero-order chi connectivity index (χ0) is 12.4. The minimum Gasteiger partial charge on any atom is -0.356 e. The maximum absolute atomic E-state index is 11.5. The van der Waals surface area contributed by atoms with E-state index >= 15 is 0 Å². The highest BCUT2D eigenvalue weighted by Crippen LogP contribution is 2.11. The van der Waals surface area contributed by atoms with Crippen LogP contribution in [0.3, 0.4) is 0 Å². The van der Waals surface area contributed by atoms with Gasteiger partial charge in [0.1, 0.15) is 0 Å². The predicted molar refractivity (Wildman–Crippen MR) is 69.2 cm³/mol. The van der Waals surface area contributed by atoms with Gasteiger partial charge in [0.25, 0.3) is 0 Å². The molecule has 0 aromatic rings. The number of nitrogens with two attached hydrogens (primary N) is 1. The van der Waals surface area contributed by atoms with Crippen molar-refractivity contribution >= 4 is 5.91 Å². The largest absolute Gasteiger partial charge is 0.356 e. The van der Waals surface area contributed by atoms with Crippen LogP contribution in [-0.2, 0) is 4.79 Å². The summed E-state index contributed by atoms with van der Waals surface area (Å²) in [5, 5.41) is 3.01. The Bertz CT molecular complexity index is 183. The lowest BCUT2D eigenvalue weighted by molar-refractivity contribution is -0.122. The van der Waals surface area contributed by atoms with Gasteiger partial charge in [-0.1, -0.05) is 40.0 Å². The number of unbranched alkanes of at least 4 members (excludes halogenated alkanes) is 1. The van der Waals surface area contributed by atoms with E-state index in [9.17, 15) is 4.79 Å². The first-order valence-corrected chi connectivity index (χ1v) is 6.60. The molecule has 96 valence electrons. The Morgan fingerprint density at radius 2 is 2.06 bits per heavy atom. The van der Waals surface area contributed by atoms with Gasteiger partial charge >= 0.3 is 0 Å². The van der Waals surface area contributed by atoms with Crippen molar-refractivity contribution in [2.24, 2.45) is 17.6 Å². The van der Waals surface area contributed by atoms with Crippen molar-refractivity contribution in [3.8, 4) is 0 Å². The van der Waals surface area contributed by atoms with E-state index in [0.29, 0.717) is 18.9 Å². The van der Waals surface area contributed by atoms with Gasteiger partial charge < -0.3 is 11.1 Å². The van der Waals surface area contributed by atoms with Crippen LogP contribution in [0.25, 0.3) is 0 Å². The van der Waals surface area contributed by atoms with Crippen molar-refractivity contribution in [1.82, 2.24) is 5.32 Å².